The van der Waals surface area contributed by atoms with Crippen molar-refractivity contribution in [2.75, 3.05) is 17.8 Å². The lowest BCUT2D eigenvalue weighted by Crippen LogP contribution is -2.44. The summed E-state index contributed by atoms with van der Waals surface area (Å²) < 4.78 is 35.5. The number of para-hydroxylation sites is 1. The number of hydrogen-bond acceptors (Lipinski definition) is 5. The minimum Gasteiger partial charge on any atom is -0.410 e. The number of nitrogens with zero attached hydrogens (tertiary/aromatic N) is 2. The fraction of sp³-hybridized carbons (Fsp3) is 0.185. The molecule has 1 aliphatic rings. The van der Waals surface area contributed by atoms with Gasteiger partial charge in [0.15, 0.2) is 0 Å². The highest BCUT2D eigenvalue weighted by Gasteiger charge is 2.32. The van der Waals surface area contributed by atoms with E-state index in [-0.39, 0.29) is 0 Å². The van der Waals surface area contributed by atoms with E-state index in [9.17, 15) is 13.2 Å². The first kappa shape index (κ1) is 24.5. The molecule has 1 N–H and O–H groups in total. The Labute approximate surface area is 223 Å². The number of sulfonamides is 1. The monoisotopic (exact) mass is 613 g/mol. The molecule has 0 atom stereocenters. The zero-order valence-corrected chi connectivity index (χ0v) is 22.3. The van der Waals surface area contributed by atoms with Crippen LogP contribution in [-0.2, 0) is 10.0 Å². The second-order valence-electron chi connectivity index (χ2n) is 8.59. The van der Waals surface area contributed by atoms with Crippen molar-refractivity contribution in [3.05, 3.63) is 88.6 Å². The van der Waals surface area contributed by atoms with Gasteiger partial charge in [-0.05, 0) is 77.2 Å². The van der Waals surface area contributed by atoms with Crippen LogP contribution in [0.1, 0.15) is 12.8 Å². The zero-order chi connectivity index (χ0) is 25.1. The smallest absolute Gasteiger partial charge is 0.410 e. The number of rotatable bonds is 5. The van der Waals surface area contributed by atoms with Crippen LogP contribution < -0.4 is 9.46 Å². The Kier molecular flexibility index (Phi) is 7.10. The van der Waals surface area contributed by atoms with Crippen LogP contribution in [0.15, 0.2) is 85.1 Å². The van der Waals surface area contributed by atoms with Gasteiger partial charge in [0.25, 0.3) is 0 Å². The number of piperidine rings is 1. The SMILES string of the molecule is O=C(Oc1ccccc1)N1CCC(S(=O)(=O)Nc2ccc(I)c(-c3nccc4ccccc34)c2)CC1. The predicted molar refractivity (Wildman–Crippen MR) is 149 cm³/mol. The highest BCUT2D eigenvalue weighted by atomic mass is 127. The highest BCUT2D eigenvalue weighted by molar-refractivity contribution is 14.1. The summed E-state index contributed by atoms with van der Waals surface area (Å²) in [6, 6.07) is 24.3. The van der Waals surface area contributed by atoms with Gasteiger partial charge in [0.05, 0.1) is 10.9 Å². The summed E-state index contributed by atoms with van der Waals surface area (Å²) in [5.41, 5.74) is 2.17. The van der Waals surface area contributed by atoms with Crippen LogP contribution in [-0.4, -0.2) is 42.7 Å². The van der Waals surface area contributed by atoms with Gasteiger partial charge >= 0.3 is 6.09 Å². The Bertz CT molecular complexity index is 1500. The quantitative estimate of drug-likeness (QED) is 0.283. The molecule has 1 aliphatic heterocycles. The van der Waals surface area contributed by atoms with Crippen LogP contribution >= 0.6 is 22.6 Å². The molecule has 0 bridgehead atoms. The van der Waals surface area contributed by atoms with Gasteiger partial charge in [0, 0.05) is 39.5 Å². The van der Waals surface area contributed by atoms with Crippen molar-refractivity contribution in [2.45, 2.75) is 18.1 Å². The van der Waals surface area contributed by atoms with Gasteiger partial charge in [-0.2, -0.15) is 0 Å². The van der Waals surface area contributed by atoms with E-state index in [1.54, 1.807) is 41.4 Å². The van der Waals surface area contributed by atoms with Crippen molar-refractivity contribution in [1.29, 1.82) is 0 Å². The van der Waals surface area contributed by atoms with Crippen molar-refractivity contribution in [1.82, 2.24) is 9.88 Å². The number of pyridine rings is 1. The molecule has 0 radical (unpaired) electrons. The first-order chi connectivity index (χ1) is 17.4. The molecule has 36 heavy (non-hydrogen) atoms. The lowest BCUT2D eigenvalue weighted by Gasteiger charge is -2.31. The van der Waals surface area contributed by atoms with Crippen LogP contribution in [0.2, 0.25) is 0 Å². The second-order valence-corrected chi connectivity index (χ2v) is 11.7. The minimum absolute atomic E-state index is 0.315. The molecule has 1 fully saturated rings. The van der Waals surface area contributed by atoms with Gasteiger partial charge in [0.2, 0.25) is 10.0 Å². The number of carbonyl (C=O) groups excluding carboxylic acids is 1. The van der Waals surface area contributed by atoms with Gasteiger partial charge in [-0.15, -0.1) is 0 Å². The van der Waals surface area contributed by atoms with Crippen LogP contribution in [0.4, 0.5) is 10.5 Å². The van der Waals surface area contributed by atoms with Crippen molar-refractivity contribution >= 4 is 55.2 Å². The lowest BCUT2D eigenvalue weighted by molar-refractivity contribution is 0.143. The third kappa shape index (κ3) is 5.31. The van der Waals surface area contributed by atoms with Gasteiger partial charge in [0.1, 0.15) is 5.75 Å². The summed E-state index contributed by atoms with van der Waals surface area (Å²) in [4.78, 5) is 18.6. The summed E-state index contributed by atoms with van der Waals surface area (Å²) in [5, 5.41) is 1.48. The van der Waals surface area contributed by atoms with Gasteiger partial charge in [-0.3, -0.25) is 9.71 Å². The molecule has 2 heterocycles. The molecule has 7 nitrogen and oxygen atoms in total. The molecule has 0 unspecified atom stereocenters. The third-order valence-electron chi connectivity index (χ3n) is 6.24. The minimum atomic E-state index is -3.65. The number of amides is 1. The van der Waals surface area contributed by atoms with E-state index in [0.717, 1.165) is 25.6 Å². The lowest BCUT2D eigenvalue weighted by atomic mass is 10.0. The van der Waals surface area contributed by atoms with Crippen molar-refractivity contribution in [3.8, 4) is 17.0 Å². The van der Waals surface area contributed by atoms with Gasteiger partial charge < -0.3 is 9.64 Å². The van der Waals surface area contributed by atoms with E-state index >= 15 is 0 Å². The molecular weight excluding hydrogens is 589 g/mol. The summed E-state index contributed by atoms with van der Waals surface area (Å²) in [6.07, 6.45) is 1.97. The van der Waals surface area contributed by atoms with Crippen molar-refractivity contribution < 1.29 is 17.9 Å². The molecule has 1 saturated heterocycles. The number of benzene rings is 3. The average molecular weight is 613 g/mol. The van der Waals surface area contributed by atoms with Gasteiger partial charge in [-0.1, -0.05) is 42.5 Å². The van der Waals surface area contributed by atoms with Crippen molar-refractivity contribution in [2.24, 2.45) is 0 Å². The summed E-state index contributed by atoms with van der Waals surface area (Å²) in [6.45, 7) is 0.629. The van der Waals surface area contributed by atoms with E-state index in [4.69, 9.17) is 4.74 Å². The second kappa shape index (κ2) is 10.4. The number of nitrogens with one attached hydrogen (secondary N) is 1. The number of ether oxygens (including phenoxy) is 1. The van der Waals surface area contributed by atoms with Crippen LogP contribution in [0, 0.1) is 3.57 Å². The van der Waals surface area contributed by atoms with Crippen molar-refractivity contribution in [3.63, 3.8) is 0 Å². The molecule has 1 amide bonds. The number of aromatic nitrogens is 1. The van der Waals surface area contributed by atoms with Crippen LogP contribution in [0.5, 0.6) is 5.75 Å². The number of halogens is 1. The van der Waals surface area contributed by atoms with E-state index in [1.807, 2.05) is 48.5 Å². The predicted octanol–water partition coefficient (Wildman–Crippen LogP) is 5.91. The first-order valence-corrected chi connectivity index (χ1v) is 14.2. The summed E-state index contributed by atoms with van der Waals surface area (Å²) >= 11 is 2.24. The molecule has 9 heteroatoms. The molecule has 0 saturated carbocycles. The number of likely N-dealkylation sites (tertiary alicyclic amines) is 1. The molecule has 4 aromatic rings. The normalized spacial score (nSPS) is 14.5. The molecule has 184 valence electrons. The Hall–Kier alpha value is -3.18. The highest BCUT2D eigenvalue weighted by Crippen LogP contribution is 2.33. The molecule has 3 aromatic carbocycles. The average Bonchev–Trinajstić information content (AvgIpc) is 2.90. The van der Waals surface area contributed by atoms with E-state index in [0.29, 0.717) is 37.4 Å². The molecule has 5 rings (SSSR count). The third-order valence-corrected chi connectivity index (χ3v) is 9.05. The maximum Gasteiger partial charge on any atom is 0.415 e. The van der Waals surface area contributed by atoms with Crippen LogP contribution in [0.3, 0.4) is 0 Å². The Morgan fingerprint density at radius 1 is 0.972 bits per heavy atom. The van der Waals surface area contributed by atoms with E-state index in [2.05, 4.69) is 32.3 Å². The standard InChI is InChI=1S/C27H24IN3O4S/c28-25-11-10-20(18-24(25)26-23-9-5-4-6-19(23)12-15-29-26)30-36(33,34)22-13-16-31(17-14-22)27(32)35-21-7-2-1-3-8-21/h1-12,15,18,22,30H,13-14,16-17H2. The molecule has 0 aliphatic carbocycles. The largest absolute Gasteiger partial charge is 0.415 e. The topological polar surface area (TPSA) is 88.6 Å². The Morgan fingerprint density at radius 3 is 2.47 bits per heavy atom. The zero-order valence-electron chi connectivity index (χ0n) is 19.3. The summed E-state index contributed by atoms with van der Waals surface area (Å²) in [5.74, 6) is 0.467. The maximum absolute atomic E-state index is 13.2. The van der Waals surface area contributed by atoms with E-state index in [1.165, 1.54) is 0 Å². The van der Waals surface area contributed by atoms with E-state index < -0.39 is 21.4 Å². The first-order valence-electron chi connectivity index (χ1n) is 11.6. The number of hydrogen-bond donors (Lipinski definition) is 1. The fourth-order valence-electron chi connectivity index (χ4n) is 4.35. The van der Waals surface area contributed by atoms with Gasteiger partial charge in [-0.25, -0.2) is 13.2 Å². The Balaban J connectivity index is 1.29. The molecular formula is C27H24IN3O4S. The van der Waals surface area contributed by atoms with Crippen LogP contribution in [0.25, 0.3) is 22.0 Å². The number of carbonyl (C=O) groups is 1. The Morgan fingerprint density at radius 2 is 1.69 bits per heavy atom. The number of fused-ring (bicyclic) bond motifs is 1. The maximum atomic E-state index is 13.2. The number of anilines is 1. The fourth-order valence-corrected chi connectivity index (χ4v) is 6.40. The summed E-state index contributed by atoms with van der Waals surface area (Å²) in [7, 11) is -3.65. The molecule has 1 aromatic heterocycles. The molecule has 0 spiro atoms.